The van der Waals surface area contributed by atoms with E-state index in [-0.39, 0.29) is 30.2 Å². The van der Waals surface area contributed by atoms with Gasteiger partial charge in [0.25, 0.3) is 0 Å². The van der Waals surface area contributed by atoms with Crippen LogP contribution in [0, 0.1) is 64.7 Å². The fourth-order valence-electron chi connectivity index (χ4n) is 9.98. The predicted molar refractivity (Wildman–Crippen MR) is 136 cm³/mol. The molecule has 4 saturated carbocycles. The van der Waals surface area contributed by atoms with E-state index in [0.29, 0.717) is 35.5 Å². The molecule has 0 N–H and O–H groups in total. The molecule has 1 aliphatic heterocycles. The fraction of sp³-hybridized carbons (Fsp3) is 0.900. The fourth-order valence-corrected chi connectivity index (χ4v) is 9.98. The van der Waals surface area contributed by atoms with Gasteiger partial charge in [-0.3, -0.25) is 9.59 Å². The largest absolute Gasteiger partial charge is 0.463 e. The number of likely N-dealkylation sites (tertiary alicyclic amines) is 1. The summed E-state index contributed by atoms with van der Waals surface area (Å²) in [6.45, 7) is 8.53. The van der Waals surface area contributed by atoms with Gasteiger partial charge in [0, 0.05) is 32.4 Å². The Morgan fingerprint density at radius 1 is 0.833 bits per heavy atom. The van der Waals surface area contributed by atoms with Crippen LogP contribution < -0.4 is 0 Å². The third kappa shape index (κ3) is 4.88. The van der Waals surface area contributed by atoms with Crippen LogP contribution in [0.25, 0.3) is 0 Å². The van der Waals surface area contributed by atoms with Gasteiger partial charge in [-0.1, -0.05) is 13.8 Å². The minimum atomic E-state index is -0.158. The van der Waals surface area contributed by atoms with Gasteiger partial charge >= 0.3 is 11.9 Å². The maximum absolute atomic E-state index is 12.2. The summed E-state index contributed by atoms with van der Waals surface area (Å²) in [6, 6.07) is 0.262. The van der Waals surface area contributed by atoms with Crippen LogP contribution in [-0.4, -0.2) is 41.6 Å². The van der Waals surface area contributed by atoms with Crippen LogP contribution in [0.15, 0.2) is 0 Å². The van der Waals surface area contributed by atoms with Gasteiger partial charge in [0.05, 0.1) is 0 Å². The van der Waals surface area contributed by atoms with E-state index in [9.17, 15) is 14.9 Å². The number of fused-ring (bicyclic) bond motifs is 5. The summed E-state index contributed by atoms with van der Waals surface area (Å²) < 4.78 is 11.7. The van der Waals surface area contributed by atoms with Gasteiger partial charge in [0.1, 0.15) is 12.2 Å². The van der Waals surface area contributed by atoms with Gasteiger partial charge in [-0.05, 0) is 112 Å². The highest BCUT2D eigenvalue weighted by atomic mass is 16.5. The predicted octanol–water partition coefficient (Wildman–Crippen LogP) is 5.56. The summed E-state index contributed by atoms with van der Waals surface area (Å²) in [4.78, 5) is 25.7. The van der Waals surface area contributed by atoms with Gasteiger partial charge < -0.3 is 14.4 Å². The smallest absolute Gasteiger partial charge is 0.302 e. The van der Waals surface area contributed by atoms with E-state index >= 15 is 0 Å². The zero-order chi connectivity index (χ0) is 25.6. The van der Waals surface area contributed by atoms with Crippen molar-refractivity contribution in [3.8, 4) is 6.19 Å². The summed E-state index contributed by atoms with van der Waals surface area (Å²) in [7, 11) is 0. The molecule has 4 aliphatic carbocycles. The summed E-state index contributed by atoms with van der Waals surface area (Å²) in [6.07, 6.45) is 14.1. The Morgan fingerprint density at radius 3 is 2.22 bits per heavy atom. The highest BCUT2D eigenvalue weighted by Gasteiger charge is 2.57. The number of carbonyl (C=O) groups is 2. The molecule has 5 rings (SSSR count). The van der Waals surface area contributed by atoms with Gasteiger partial charge in [-0.15, -0.1) is 0 Å². The molecule has 5 fully saturated rings. The topological polar surface area (TPSA) is 79.6 Å². The first-order valence-corrected chi connectivity index (χ1v) is 14.8. The molecule has 6 nitrogen and oxygen atoms in total. The van der Waals surface area contributed by atoms with Crippen LogP contribution in [0.4, 0.5) is 0 Å². The molecule has 0 unspecified atom stereocenters. The van der Waals surface area contributed by atoms with E-state index in [0.717, 1.165) is 50.0 Å². The van der Waals surface area contributed by atoms with Crippen molar-refractivity contribution in [3.63, 3.8) is 0 Å². The Kier molecular flexibility index (Phi) is 7.57. The zero-order valence-electron chi connectivity index (χ0n) is 22.7. The maximum Gasteiger partial charge on any atom is 0.302 e. The lowest BCUT2D eigenvalue weighted by Crippen LogP contribution is -2.49. The van der Waals surface area contributed by atoms with E-state index in [2.05, 4.69) is 20.0 Å². The highest BCUT2D eigenvalue weighted by molar-refractivity contribution is 5.66. The van der Waals surface area contributed by atoms with Crippen LogP contribution in [0.1, 0.15) is 91.9 Å². The van der Waals surface area contributed by atoms with E-state index in [4.69, 9.17) is 9.47 Å². The first kappa shape index (κ1) is 25.9. The average molecular weight is 499 g/mol. The minimum Gasteiger partial charge on any atom is -0.463 e. The zero-order valence-corrected chi connectivity index (χ0v) is 22.7. The number of carbonyl (C=O) groups excluding carboxylic acids is 2. The summed E-state index contributed by atoms with van der Waals surface area (Å²) in [5, 5.41) is 9.91. The number of hydrogen-bond acceptors (Lipinski definition) is 6. The van der Waals surface area contributed by atoms with Crippen molar-refractivity contribution in [3.05, 3.63) is 0 Å². The second kappa shape index (κ2) is 10.5. The van der Waals surface area contributed by atoms with Crippen molar-refractivity contribution < 1.29 is 19.1 Å². The lowest BCUT2D eigenvalue weighted by atomic mass is 9.53. The number of esters is 2. The maximum atomic E-state index is 12.2. The molecule has 12 atom stereocenters. The number of hydrogen-bond donors (Lipinski definition) is 0. The van der Waals surface area contributed by atoms with Crippen LogP contribution in [-0.2, 0) is 19.1 Å². The molecule has 0 bridgehead atoms. The van der Waals surface area contributed by atoms with Gasteiger partial charge in [-0.2, -0.15) is 5.26 Å². The van der Waals surface area contributed by atoms with Gasteiger partial charge in [0.15, 0.2) is 6.19 Å². The Hall–Kier alpha value is -1.77. The van der Waals surface area contributed by atoms with Crippen molar-refractivity contribution in [1.29, 1.82) is 5.26 Å². The molecule has 0 spiro atoms. The van der Waals surface area contributed by atoms with Crippen LogP contribution in [0.5, 0.6) is 0 Å². The van der Waals surface area contributed by atoms with E-state index in [1.54, 1.807) is 6.92 Å². The Bertz CT molecular complexity index is 870. The van der Waals surface area contributed by atoms with Crippen molar-refractivity contribution in [2.24, 2.45) is 53.3 Å². The number of rotatable bonds is 4. The van der Waals surface area contributed by atoms with Crippen molar-refractivity contribution in [2.75, 3.05) is 6.54 Å². The van der Waals surface area contributed by atoms with Gasteiger partial charge in [-0.25, -0.2) is 0 Å². The molecular weight excluding hydrogens is 452 g/mol. The second-order valence-corrected chi connectivity index (χ2v) is 13.1. The SMILES string of the molecule is CC(=O)O[C@@H]1CC[C@@H]2[C@H](CC[C@H]3[C@H]4C[C@H](OC(C)=O)[C@H]([C@H](C)[C@@H]5CC[C@H](C)CN5C#N)[C@@H]4CC[C@@H]32)C1. The molecule has 200 valence electrons. The second-order valence-electron chi connectivity index (χ2n) is 13.1. The van der Waals surface area contributed by atoms with E-state index < -0.39 is 0 Å². The first-order chi connectivity index (χ1) is 17.3. The Morgan fingerprint density at radius 2 is 1.50 bits per heavy atom. The van der Waals surface area contributed by atoms with Crippen molar-refractivity contribution in [1.82, 2.24) is 4.90 Å². The van der Waals surface area contributed by atoms with Crippen LogP contribution >= 0.6 is 0 Å². The molecular formula is C30H46N2O4. The van der Waals surface area contributed by atoms with Crippen LogP contribution in [0.2, 0.25) is 0 Å². The summed E-state index contributed by atoms with van der Waals surface area (Å²) in [5.41, 5.74) is 0. The third-order valence-corrected chi connectivity index (χ3v) is 11.2. The molecule has 0 amide bonds. The molecule has 1 saturated heterocycles. The minimum absolute atomic E-state index is 0.0106. The van der Waals surface area contributed by atoms with E-state index in [1.807, 2.05) is 4.90 Å². The number of ether oxygens (including phenoxy) is 2. The first-order valence-electron chi connectivity index (χ1n) is 14.8. The quantitative estimate of drug-likeness (QED) is 0.373. The molecule has 0 aromatic carbocycles. The molecule has 6 heteroatoms. The number of piperidine rings is 1. The van der Waals surface area contributed by atoms with Crippen LogP contribution in [0.3, 0.4) is 0 Å². The lowest BCUT2D eigenvalue weighted by Gasteiger charge is -2.53. The number of nitrogens with zero attached hydrogens (tertiary/aromatic N) is 2. The average Bonchev–Trinajstić information content (AvgIpc) is 3.20. The van der Waals surface area contributed by atoms with E-state index in [1.165, 1.54) is 45.4 Å². The van der Waals surface area contributed by atoms with Gasteiger partial charge in [0.2, 0.25) is 0 Å². The van der Waals surface area contributed by atoms with Crippen molar-refractivity contribution >= 4 is 11.9 Å². The highest BCUT2D eigenvalue weighted by Crippen LogP contribution is 2.61. The summed E-state index contributed by atoms with van der Waals surface area (Å²) >= 11 is 0. The Balaban J connectivity index is 1.33. The molecule has 0 aromatic rings. The number of nitriles is 1. The normalized spacial score (nSPS) is 44.9. The molecule has 0 radical (unpaired) electrons. The molecule has 36 heavy (non-hydrogen) atoms. The molecule has 5 aliphatic rings. The summed E-state index contributed by atoms with van der Waals surface area (Å²) in [5.74, 6) is 5.14. The standard InChI is InChI=1S/C30H46N2O4/c1-17-5-12-28(32(15-17)16-31)18(2)30-26-11-10-24-23-9-7-22(35-19(3)33)13-21(23)6-8-25(24)27(26)14-29(30)36-20(4)34/h17-18,21-30H,5-15H2,1-4H3/t17-,18+,21+,22+,23+,24+,25+,26+,27+,28-,29-,30+/m0/s1. The third-order valence-electron chi connectivity index (χ3n) is 11.2. The molecule has 0 aromatic heterocycles. The van der Waals surface area contributed by atoms with Crippen molar-refractivity contribution in [2.45, 2.75) is 110 Å². The molecule has 1 heterocycles. The lowest BCUT2D eigenvalue weighted by molar-refractivity contribution is -0.152. The Labute approximate surface area is 217 Å². The monoisotopic (exact) mass is 498 g/mol.